The lowest BCUT2D eigenvalue weighted by atomic mass is 9.94. The summed E-state index contributed by atoms with van der Waals surface area (Å²) in [6, 6.07) is 0.812. The van der Waals surface area contributed by atoms with Crippen LogP contribution in [-0.4, -0.2) is 73.4 Å². The number of hydrogen-bond donors (Lipinski definition) is 2. The molecule has 4 heteroatoms. The fourth-order valence-corrected chi connectivity index (χ4v) is 3.27. The van der Waals surface area contributed by atoms with E-state index >= 15 is 0 Å². The molecule has 0 bridgehead atoms. The molecule has 0 amide bonds. The van der Waals surface area contributed by atoms with E-state index in [1.807, 2.05) is 0 Å². The molecule has 0 radical (unpaired) electrons. The van der Waals surface area contributed by atoms with E-state index < -0.39 is 0 Å². The summed E-state index contributed by atoms with van der Waals surface area (Å²) in [5.74, 6) is 0. The summed E-state index contributed by atoms with van der Waals surface area (Å²) in [4.78, 5) is 4.80. The van der Waals surface area contributed by atoms with Crippen LogP contribution in [0.2, 0.25) is 0 Å². The van der Waals surface area contributed by atoms with Crippen molar-refractivity contribution in [2.75, 3.05) is 46.3 Å². The second-order valence-corrected chi connectivity index (χ2v) is 6.47. The molecule has 1 saturated carbocycles. The van der Waals surface area contributed by atoms with Gasteiger partial charge in [0.25, 0.3) is 0 Å². The van der Waals surface area contributed by atoms with Gasteiger partial charge >= 0.3 is 0 Å². The minimum absolute atomic E-state index is 0.249. The third-order valence-corrected chi connectivity index (χ3v) is 4.81. The van der Waals surface area contributed by atoms with Crippen LogP contribution in [-0.2, 0) is 0 Å². The van der Waals surface area contributed by atoms with Crippen molar-refractivity contribution in [1.29, 1.82) is 0 Å². The first-order valence-corrected chi connectivity index (χ1v) is 8.98. The Morgan fingerprint density at radius 2 is 1.81 bits per heavy atom. The molecule has 2 N–H and O–H groups in total. The van der Waals surface area contributed by atoms with Gasteiger partial charge in [0.15, 0.2) is 0 Å². The standard InChI is InChI=1S/C17H37N3O/c1-4-20(5-2)15-17(21)14-18-12-9-13-19(3)16-10-7-6-8-11-16/h16-18,21H,4-15H2,1-3H3. The first-order valence-electron chi connectivity index (χ1n) is 8.98. The average Bonchev–Trinajstić information content (AvgIpc) is 2.52. The highest BCUT2D eigenvalue weighted by molar-refractivity contribution is 4.73. The van der Waals surface area contributed by atoms with E-state index in [1.54, 1.807) is 0 Å². The van der Waals surface area contributed by atoms with Gasteiger partial charge in [-0.2, -0.15) is 0 Å². The Kier molecular flexibility index (Phi) is 10.3. The second kappa shape index (κ2) is 11.4. The normalized spacial score (nSPS) is 18.6. The van der Waals surface area contributed by atoms with Crippen molar-refractivity contribution >= 4 is 0 Å². The maximum atomic E-state index is 9.98. The molecule has 1 rings (SSSR count). The van der Waals surface area contributed by atoms with Gasteiger partial charge in [-0.3, -0.25) is 0 Å². The predicted octanol–water partition coefficient (Wildman–Crippen LogP) is 1.93. The Hall–Kier alpha value is -0.160. The summed E-state index contributed by atoms with van der Waals surface area (Å²) >= 11 is 0. The van der Waals surface area contributed by atoms with Crippen LogP contribution in [0.25, 0.3) is 0 Å². The van der Waals surface area contributed by atoms with Gasteiger partial charge < -0.3 is 20.2 Å². The number of likely N-dealkylation sites (N-methyl/N-ethyl adjacent to an activating group) is 1. The molecule has 1 aliphatic carbocycles. The van der Waals surface area contributed by atoms with E-state index in [-0.39, 0.29) is 6.10 Å². The maximum Gasteiger partial charge on any atom is 0.0791 e. The Morgan fingerprint density at radius 3 is 2.43 bits per heavy atom. The maximum absolute atomic E-state index is 9.98. The summed E-state index contributed by atoms with van der Waals surface area (Å²) < 4.78 is 0. The van der Waals surface area contributed by atoms with Gasteiger partial charge in [-0.1, -0.05) is 33.1 Å². The lowest BCUT2D eigenvalue weighted by molar-refractivity contribution is 0.116. The van der Waals surface area contributed by atoms with Gasteiger partial charge in [0.05, 0.1) is 6.10 Å². The molecule has 1 unspecified atom stereocenters. The zero-order valence-electron chi connectivity index (χ0n) is 14.5. The summed E-state index contributed by atoms with van der Waals surface area (Å²) in [5, 5.41) is 13.4. The van der Waals surface area contributed by atoms with Gasteiger partial charge in [-0.25, -0.2) is 0 Å². The highest BCUT2D eigenvalue weighted by Gasteiger charge is 2.17. The molecule has 0 aromatic rings. The number of aliphatic hydroxyl groups excluding tert-OH is 1. The Balaban J connectivity index is 2.00. The minimum atomic E-state index is -0.249. The number of nitrogens with one attached hydrogen (secondary N) is 1. The van der Waals surface area contributed by atoms with E-state index in [2.05, 4.69) is 36.0 Å². The molecule has 0 saturated heterocycles. The van der Waals surface area contributed by atoms with E-state index in [0.717, 1.165) is 32.2 Å². The SMILES string of the molecule is CCN(CC)CC(O)CNCCCN(C)C1CCCCC1. The van der Waals surface area contributed by atoms with Crippen LogP contribution in [0.5, 0.6) is 0 Å². The monoisotopic (exact) mass is 299 g/mol. The van der Waals surface area contributed by atoms with Crippen LogP contribution in [0.15, 0.2) is 0 Å². The lowest BCUT2D eigenvalue weighted by Crippen LogP contribution is -2.39. The van der Waals surface area contributed by atoms with E-state index in [1.165, 1.54) is 45.1 Å². The first kappa shape index (κ1) is 18.9. The smallest absolute Gasteiger partial charge is 0.0791 e. The van der Waals surface area contributed by atoms with Crippen molar-refractivity contribution in [2.24, 2.45) is 0 Å². The number of rotatable bonds is 11. The Morgan fingerprint density at radius 1 is 1.14 bits per heavy atom. The molecule has 4 nitrogen and oxygen atoms in total. The van der Waals surface area contributed by atoms with Crippen LogP contribution >= 0.6 is 0 Å². The largest absolute Gasteiger partial charge is 0.390 e. The zero-order chi connectivity index (χ0) is 15.5. The van der Waals surface area contributed by atoms with Gasteiger partial charge in [-0.15, -0.1) is 0 Å². The summed E-state index contributed by atoms with van der Waals surface area (Å²) in [7, 11) is 2.27. The third-order valence-electron chi connectivity index (χ3n) is 4.81. The van der Waals surface area contributed by atoms with Crippen LogP contribution in [0.3, 0.4) is 0 Å². The molecule has 1 atom stereocenters. The lowest BCUT2D eigenvalue weighted by Gasteiger charge is -2.31. The van der Waals surface area contributed by atoms with Crippen molar-refractivity contribution in [3.8, 4) is 0 Å². The molecule has 126 valence electrons. The zero-order valence-corrected chi connectivity index (χ0v) is 14.5. The molecule has 1 fully saturated rings. The molecule has 0 aromatic heterocycles. The number of nitrogens with zero attached hydrogens (tertiary/aromatic N) is 2. The fourth-order valence-electron chi connectivity index (χ4n) is 3.27. The highest BCUT2D eigenvalue weighted by atomic mass is 16.3. The van der Waals surface area contributed by atoms with Crippen molar-refractivity contribution in [2.45, 2.75) is 64.5 Å². The minimum Gasteiger partial charge on any atom is -0.390 e. The van der Waals surface area contributed by atoms with Crippen LogP contribution in [0, 0.1) is 0 Å². The number of aliphatic hydroxyl groups is 1. The molecule has 0 spiro atoms. The highest BCUT2D eigenvalue weighted by Crippen LogP contribution is 2.21. The van der Waals surface area contributed by atoms with E-state index in [9.17, 15) is 5.11 Å². The number of hydrogen-bond acceptors (Lipinski definition) is 4. The van der Waals surface area contributed by atoms with Crippen molar-refractivity contribution < 1.29 is 5.11 Å². The van der Waals surface area contributed by atoms with Gasteiger partial charge in [0.2, 0.25) is 0 Å². The van der Waals surface area contributed by atoms with E-state index in [0.29, 0.717) is 6.54 Å². The van der Waals surface area contributed by atoms with Crippen LogP contribution in [0.1, 0.15) is 52.4 Å². The predicted molar refractivity (Wildman–Crippen MR) is 90.8 cm³/mol. The molecule has 1 aliphatic rings. The molecule has 21 heavy (non-hydrogen) atoms. The molecular formula is C17H37N3O. The second-order valence-electron chi connectivity index (χ2n) is 6.47. The van der Waals surface area contributed by atoms with E-state index in [4.69, 9.17) is 0 Å². The topological polar surface area (TPSA) is 38.7 Å². The van der Waals surface area contributed by atoms with Gasteiger partial charge in [0.1, 0.15) is 0 Å². The van der Waals surface area contributed by atoms with Crippen molar-refractivity contribution in [3.63, 3.8) is 0 Å². The summed E-state index contributed by atoms with van der Waals surface area (Å²) in [6.45, 7) is 9.98. The van der Waals surface area contributed by atoms with Gasteiger partial charge in [-0.05, 0) is 52.5 Å². The summed E-state index contributed by atoms with van der Waals surface area (Å²) in [5.41, 5.74) is 0. The Bertz CT molecular complexity index is 240. The average molecular weight is 300 g/mol. The summed E-state index contributed by atoms with van der Waals surface area (Å²) in [6.07, 6.45) is 7.93. The molecule has 0 aromatic carbocycles. The first-order chi connectivity index (χ1) is 10.2. The third kappa shape index (κ3) is 8.15. The molecular weight excluding hydrogens is 262 g/mol. The molecule has 0 heterocycles. The molecule has 0 aliphatic heterocycles. The Labute approximate surface area is 131 Å². The van der Waals surface area contributed by atoms with Gasteiger partial charge in [0, 0.05) is 19.1 Å². The van der Waals surface area contributed by atoms with Crippen LogP contribution < -0.4 is 5.32 Å². The fraction of sp³-hybridized carbons (Fsp3) is 1.00. The van der Waals surface area contributed by atoms with Crippen LogP contribution in [0.4, 0.5) is 0 Å². The van der Waals surface area contributed by atoms with Crippen molar-refractivity contribution in [3.05, 3.63) is 0 Å². The quantitative estimate of drug-likeness (QED) is 0.572. The van der Waals surface area contributed by atoms with Crippen molar-refractivity contribution in [1.82, 2.24) is 15.1 Å².